The summed E-state index contributed by atoms with van der Waals surface area (Å²) in [4.78, 5) is 2.52. The minimum Gasteiger partial charge on any atom is -0.399 e. The van der Waals surface area contributed by atoms with Crippen LogP contribution in [0.1, 0.15) is 23.5 Å². The van der Waals surface area contributed by atoms with Crippen LogP contribution < -0.4 is 5.73 Å². The van der Waals surface area contributed by atoms with Crippen molar-refractivity contribution in [2.24, 2.45) is 0 Å². The first kappa shape index (κ1) is 11.1. The summed E-state index contributed by atoms with van der Waals surface area (Å²) in [6.07, 6.45) is 2.49. The van der Waals surface area contributed by atoms with Crippen molar-refractivity contribution in [2.75, 3.05) is 38.6 Å². The Labute approximate surface area is 103 Å². The van der Waals surface area contributed by atoms with Crippen LogP contribution >= 0.6 is 0 Å². The number of nitrogens with two attached hydrogens (primary N) is 1. The number of benzene rings is 1. The number of nitrogen functional groups attached to an aromatic ring is 1. The van der Waals surface area contributed by atoms with Crippen LogP contribution in [0.15, 0.2) is 18.2 Å². The van der Waals surface area contributed by atoms with Crippen LogP contribution in [-0.4, -0.2) is 37.7 Å². The van der Waals surface area contributed by atoms with E-state index in [1.807, 2.05) is 6.07 Å². The summed E-state index contributed by atoms with van der Waals surface area (Å²) >= 11 is 0. The second kappa shape index (κ2) is 4.67. The van der Waals surface area contributed by atoms with Gasteiger partial charge >= 0.3 is 0 Å². The van der Waals surface area contributed by atoms with Crippen molar-refractivity contribution >= 4 is 5.69 Å². The maximum atomic E-state index is 5.89. The number of rotatable bonds is 2. The molecular weight excluding hydrogens is 212 g/mol. The van der Waals surface area contributed by atoms with Gasteiger partial charge in [-0.15, -0.1) is 0 Å². The predicted octanol–water partition coefficient (Wildman–Crippen LogP) is 1.63. The number of anilines is 1. The fourth-order valence-electron chi connectivity index (χ4n) is 2.99. The van der Waals surface area contributed by atoms with Crippen molar-refractivity contribution in [3.63, 3.8) is 0 Å². The summed E-state index contributed by atoms with van der Waals surface area (Å²) in [5.41, 5.74) is 9.77. The number of morpholine rings is 1. The van der Waals surface area contributed by atoms with E-state index >= 15 is 0 Å². The highest BCUT2D eigenvalue weighted by atomic mass is 16.5. The Bertz CT molecular complexity index is 399. The number of nitrogens with zero attached hydrogens (tertiary/aromatic N) is 1. The lowest BCUT2D eigenvalue weighted by molar-refractivity contribution is 0.0351. The first-order valence-electron chi connectivity index (χ1n) is 6.51. The van der Waals surface area contributed by atoms with E-state index in [9.17, 15) is 0 Å². The van der Waals surface area contributed by atoms with Crippen LogP contribution in [0.5, 0.6) is 0 Å². The molecule has 0 amide bonds. The molecule has 1 aliphatic heterocycles. The van der Waals surface area contributed by atoms with Crippen LogP contribution in [0.4, 0.5) is 5.69 Å². The first-order valence-corrected chi connectivity index (χ1v) is 6.51. The van der Waals surface area contributed by atoms with E-state index < -0.39 is 0 Å². The Kier molecular flexibility index (Phi) is 3.04. The molecule has 1 saturated heterocycles. The fraction of sp³-hybridized carbons (Fsp3) is 0.571. The third-order valence-electron chi connectivity index (χ3n) is 3.95. The van der Waals surface area contributed by atoms with E-state index in [4.69, 9.17) is 10.5 Å². The van der Waals surface area contributed by atoms with Gasteiger partial charge in [-0.05, 0) is 42.0 Å². The van der Waals surface area contributed by atoms with E-state index in [0.29, 0.717) is 5.92 Å². The number of hydrogen-bond acceptors (Lipinski definition) is 3. The predicted molar refractivity (Wildman–Crippen MR) is 69.2 cm³/mol. The zero-order valence-electron chi connectivity index (χ0n) is 10.2. The summed E-state index contributed by atoms with van der Waals surface area (Å²) in [5.74, 6) is 0.673. The van der Waals surface area contributed by atoms with E-state index in [2.05, 4.69) is 17.0 Å². The van der Waals surface area contributed by atoms with Crippen molar-refractivity contribution in [3.8, 4) is 0 Å². The smallest absolute Gasteiger partial charge is 0.0594 e. The summed E-state index contributed by atoms with van der Waals surface area (Å²) in [6, 6.07) is 6.40. The molecule has 0 aromatic heterocycles. The highest BCUT2D eigenvalue weighted by Gasteiger charge is 2.25. The fourth-order valence-corrected chi connectivity index (χ4v) is 2.99. The summed E-state index contributed by atoms with van der Waals surface area (Å²) < 4.78 is 5.39. The van der Waals surface area contributed by atoms with Gasteiger partial charge in [0.15, 0.2) is 0 Å². The second-order valence-corrected chi connectivity index (χ2v) is 5.11. The Morgan fingerprint density at radius 3 is 2.94 bits per heavy atom. The third kappa shape index (κ3) is 2.31. The number of hydrogen-bond donors (Lipinski definition) is 1. The molecule has 0 radical (unpaired) electrons. The molecule has 2 aliphatic rings. The van der Waals surface area contributed by atoms with E-state index in [-0.39, 0.29) is 0 Å². The van der Waals surface area contributed by atoms with Crippen LogP contribution in [0.3, 0.4) is 0 Å². The highest BCUT2D eigenvalue weighted by molar-refractivity contribution is 5.48. The Morgan fingerprint density at radius 1 is 1.29 bits per heavy atom. The molecule has 17 heavy (non-hydrogen) atoms. The third-order valence-corrected chi connectivity index (χ3v) is 3.95. The van der Waals surface area contributed by atoms with Crippen molar-refractivity contribution in [1.82, 2.24) is 4.90 Å². The zero-order valence-corrected chi connectivity index (χ0v) is 10.2. The Hall–Kier alpha value is -1.06. The monoisotopic (exact) mass is 232 g/mol. The summed E-state index contributed by atoms with van der Waals surface area (Å²) in [7, 11) is 0. The van der Waals surface area contributed by atoms with Crippen molar-refractivity contribution in [2.45, 2.75) is 18.8 Å². The maximum Gasteiger partial charge on any atom is 0.0594 e. The largest absolute Gasteiger partial charge is 0.399 e. The lowest BCUT2D eigenvalue weighted by atomic mass is 10.00. The van der Waals surface area contributed by atoms with E-state index in [1.54, 1.807) is 0 Å². The molecule has 1 heterocycles. The minimum atomic E-state index is 0.673. The molecule has 0 bridgehead atoms. The second-order valence-electron chi connectivity index (χ2n) is 5.11. The average Bonchev–Trinajstić information content (AvgIpc) is 2.73. The van der Waals surface area contributed by atoms with Crippen molar-refractivity contribution in [3.05, 3.63) is 29.3 Å². The average molecular weight is 232 g/mol. The molecule has 3 heteroatoms. The molecule has 2 N–H and O–H groups in total. The number of ether oxygens (including phenoxy) is 1. The Morgan fingerprint density at radius 2 is 2.12 bits per heavy atom. The van der Waals surface area contributed by atoms with Gasteiger partial charge in [0, 0.05) is 25.3 Å². The van der Waals surface area contributed by atoms with Crippen LogP contribution in [0, 0.1) is 0 Å². The molecule has 1 aromatic rings. The van der Waals surface area contributed by atoms with Crippen molar-refractivity contribution < 1.29 is 4.74 Å². The topological polar surface area (TPSA) is 38.5 Å². The normalized spacial score (nSPS) is 24.8. The molecular formula is C14H20N2O. The van der Waals surface area contributed by atoms with E-state index in [0.717, 1.165) is 32.0 Å². The molecule has 1 atom stereocenters. The maximum absolute atomic E-state index is 5.89. The molecule has 3 nitrogen and oxygen atoms in total. The molecule has 1 fully saturated rings. The van der Waals surface area contributed by atoms with Gasteiger partial charge in [0.05, 0.1) is 13.2 Å². The lowest BCUT2D eigenvalue weighted by Crippen LogP contribution is -2.38. The molecule has 0 spiro atoms. The molecule has 1 aromatic carbocycles. The quantitative estimate of drug-likeness (QED) is 0.788. The minimum absolute atomic E-state index is 0.673. The van der Waals surface area contributed by atoms with Crippen LogP contribution in [-0.2, 0) is 11.2 Å². The van der Waals surface area contributed by atoms with Crippen LogP contribution in [0.2, 0.25) is 0 Å². The standard InChI is InChI=1S/C14H20N2O/c15-13-4-3-11-1-2-12(14(11)9-13)10-16-5-7-17-8-6-16/h3-4,9,12H,1-2,5-8,10,15H2. The molecule has 0 saturated carbocycles. The molecule has 92 valence electrons. The molecule has 3 rings (SSSR count). The number of fused-ring (bicyclic) bond motifs is 1. The molecule has 1 aliphatic carbocycles. The highest BCUT2D eigenvalue weighted by Crippen LogP contribution is 2.34. The van der Waals surface area contributed by atoms with Gasteiger partial charge in [0.2, 0.25) is 0 Å². The van der Waals surface area contributed by atoms with Gasteiger partial charge in [-0.3, -0.25) is 4.90 Å². The summed E-state index contributed by atoms with van der Waals surface area (Å²) in [5, 5.41) is 0. The van der Waals surface area contributed by atoms with E-state index in [1.165, 1.54) is 30.5 Å². The van der Waals surface area contributed by atoms with Crippen molar-refractivity contribution in [1.29, 1.82) is 0 Å². The summed E-state index contributed by atoms with van der Waals surface area (Å²) in [6.45, 7) is 5.09. The van der Waals surface area contributed by atoms with Gasteiger partial charge in [0.25, 0.3) is 0 Å². The van der Waals surface area contributed by atoms with Gasteiger partial charge in [-0.2, -0.15) is 0 Å². The van der Waals surface area contributed by atoms with Crippen LogP contribution in [0.25, 0.3) is 0 Å². The number of aryl methyl sites for hydroxylation is 1. The Balaban J connectivity index is 1.72. The SMILES string of the molecule is Nc1ccc2c(c1)C(CN1CCOCC1)CC2. The van der Waals surface area contributed by atoms with Gasteiger partial charge in [-0.1, -0.05) is 6.07 Å². The zero-order chi connectivity index (χ0) is 11.7. The lowest BCUT2D eigenvalue weighted by Gasteiger charge is -2.29. The first-order chi connectivity index (χ1) is 8.33. The molecule has 1 unspecified atom stereocenters. The van der Waals surface area contributed by atoms with Gasteiger partial charge in [0.1, 0.15) is 0 Å². The van der Waals surface area contributed by atoms with Gasteiger partial charge < -0.3 is 10.5 Å². The van der Waals surface area contributed by atoms with Gasteiger partial charge in [-0.25, -0.2) is 0 Å².